The highest BCUT2D eigenvalue weighted by Crippen LogP contribution is 2.22. The second-order valence-electron chi connectivity index (χ2n) is 5.62. The van der Waals surface area contributed by atoms with Gasteiger partial charge in [0.1, 0.15) is 12.4 Å². The fourth-order valence-corrected chi connectivity index (χ4v) is 2.43. The van der Waals surface area contributed by atoms with Crippen molar-refractivity contribution in [3.63, 3.8) is 0 Å². The quantitative estimate of drug-likeness (QED) is 0.737. The summed E-state index contributed by atoms with van der Waals surface area (Å²) >= 11 is 0. The van der Waals surface area contributed by atoms with Gasteiger partial charge in [-0.3, -0.25) is 9.97 Å². The van der Waals surface area contributed by atoms with E-state index in [2.05, 4.69) is 21.4 Å². The standard InChI is InChI=1S/C20H18N4O/c1-15(20-13-22-8-9-23-20)24-18-6-3-7-19(11-18)25-14-17-5-2-4-16(10-17)12-21/h2-11,13,15,24H,14H2,1H3/t15-/m1/s1. The molecule has 0 radical (unpaired) electrons. The first-order valence-corrected chi connectivity index (χ1v) is 7.99. The summed E-state index contributed by atoms with van der Waals surface area (Å²) in [7, 11) is 0. The molecular weight excluding hydrogens is 312 g/mol. The van der Waals surface area contributed by atoms with Crippen molar-refractivity contribution in [1.82, 2.24) is 9.97 Å². The molecular formula is C20H18N4O. The fourth-order valence-electron chi connectivity index (χ4n) is 2.43. The molecule has 0 aliphatic rings. The lowest BCUT2D eigenvalue weighted by molar-refractivity contribution is 0.306. The number of benzene rings is 2. The number of nitriles is 1. The minimum Gasteiger partial charge on any atom is -0.489 e. The Morgan fingerprint density at radius 3 is 2.84 bits per heavy atom. The number of nitrogens with zero attached hydrogens (tertiary/aromatic N) is 3. The number of rotatable bonds is 6. The predicted octanol–water partition coefficient (Wildman–Crippen LogP) is 4.10. The first-order valence-electron chi connectivity index (χ1n) is 7.99. The maximum Gasteiger partial charge on any atom is 0.121 e. The van der Waals surface area contributed by atoms with Crippen LogP contribution in [0.1, 0.15) is 29.8 Å². The predicted molar refractivity (Wildman–Crippen MR) is 96.0 cm³/mol. The third-order valence-corrected chi connectivity index (χ3v) is 3.71. The highest BCUT2D eigenvalue weighted by Gasteiger charge is 2.07. The number of hydrogen-bond acceptors (Lipinski definition) is 5. The number of ether oxygens (including phenoxy) is 1. The lowest BCUT2D eigenvalue weighted by Crippen LogP contribution is -2.08. The van der Waals surface area contributed by atoms with Crippen LogP contribution in [0.3, 0.4) is 0 Å². The van der Waals surface area contributed by atoms with Crippen LogP contribution in [0.4, 0.5) is 5.69 Å². The molecule has 5 heteroatoms. The van der Waals surface area contributed by atoms with Gasteiger partial charge in [0.25, 0.3) is 0 Å². The summed E-state index contributed by atoms with van der Waals surface area (Å²) in [5, 5.41) is 12.3. The normalized spacial score (nSPS) is 11.4. The van der Waals surface area contributed by atoms with Crippen LogP contribution in [0.15, 0.2) is 67.1 Å². The summed E-state index contributed by atoms with van der Waals surface area (Å²) in [6.45, 7) is 2.45. The Morgan fingerprint density at radius 2 is 2.04 bits per heavy atom. The summed E-state index contributed by atoms with van der Waals surface area (Å²) in [6.07, 6.45) is 5.09. The van der Waals surface area contributed by atoms with Gasteiger partial charge in [0.05, 0.1) is 29.6 Å². The molecule has 124 valence electrons. The van der Waals surface area contributed by atoms with E-state index in [-0.39, 0.29) is 6.04 Å². The van der Waals surface area contributed by atoms with Crippen LogP contribution < -0.4 is 10.1 Å². The van der Waals surface area contributed by atoms with E-state index < -0.39 is 0 Å². The lowest BCUT2D eigenvalue weighted by atomic mass is 10.1. The maximum absolute atomic E-state index is 8.95. The van der Waals surface area contributed by atoms with E-state index >= 15 is 0 Å². The minimum absolute atomic E-state index is 0.0382. The highest BCUT2D eigenvalue weighted by molar-refractivity contribution is 5.49. The molecule has 1 N–H and O–H groups in total. The number of nitrogens with one attached hydrogen (secondary N) is 1. The fraction of sp³-hybridized carbons (Fsp3) is 0.150. The molecule has 0 aliphatic carbocycles. The van der Waals surface area contributed by atoms with Crippen LogP contribution in [0.5, 0.6) is 5.75 Å². The summed E-state index contributed by atoms with van der Waals surface area (Å²) < 4.78 is 5.84. The molecule has 0 aliphatic heterocycles. The topological polar surface area (TPSA) is 70.8 Å². The van der Waals surface area contributed by atoms with Crippen LogP contribution in [0.2, 0.25) is 0 Å². The molecule has 0 fully saturated rings. The third kappa shape index (κ3) is 4.55. The van der Waals surface area contributed by atoms with Gasteiger partial charge in [-0.2, -0.15) is 5.26 Å². The first kappa shape index (κ1) is 16.5. The summed E-state index contributed by atoms with van der Waals surface area (Å²) in [6, 6.07) is 17.4. The SMILES string of the molecule is C[C@@H](Nc1cccc(OCc2cccc(C#N)c2)c1)c1cnccn1. The Hall–Kier alpha value is -3.39. The molecule has 1 heterocycles. The highest BCUT2D eigenvalue weighted by atomic mass is 16.5. The first-order chi connectivity index (χ1) is 12.2. The Labute approximate surface area is 147 Å². The summed E-state index contributed by atoms with van der Waals surface area (Å²) in [5.74, 6) is 0.763. The zero-order chi connectivity index (χ0) is 17.5. The molecule has 1 aromatic heterocycles. The van der Waals surface area contributed by atoms with Crippen molar-refractivity contribution >= 4 is 5.69 Å². The summed E-state index contributed by atoms with van der Waals surface area (Å²) in [4.78, 5) is 8.40. The second-order valence-corrected chi connectivity index (χ2v) is 5.62. The van der Waals surface area contributed by atoms with Crippen molar-refractivity contribution < 1.29 is 4.74 Å². The van der Waals surface area contributed by atoms with Crippen molar-refractivity contribution in [3.05, 3.63) is 83.9 Å². The average molecular weight is 330 g/mol. The zero-order valence-electron chi connectivity index (χ0n) is 13.9. The van der Waals surface area contributed by atoms with Crippen LogP contribution in [0, 0.1) is 11.3 Å². The molecule has 2 aromatic carbocycles. The van der Waals surface area contributed by atoms with Gasteiger partial charge in [-0.15, -0.1) is 0 Å². The van der Waals surface area contributed by atoms with Crippen LogP contribution >= 0.6 is 0 Å². The van der Waals surface area contributed by atoms with E-state index in [1.54, 1.807) is 24.7 Å². The van der Waals surface area contributed by atoms with Gasteiger partial charge < -0.3 is 10.1 Å². The van der Waals surface area contributed by atoms with Gasteiger partial charge in [0.2, 0.25) is 0 Å². The van der Waals surface area contributed by atoms with Crippen molar-refractivity contribution in [2.24, 2.45) is 0 Å². The van der Waals surface area contributed by atoms with Crippen LogP contribution in [-0.2, 0) is 6.61 Å². The summed E-state index contributed by atoms with van der Waals surface area (Å²) in [5.41, 5.74) is 3.42. The van der Waals surface area contributed by atoms with Crippen LogP contribution in [0.25, 0.3) is 0 Å². The lowest BCUT2D eigenvalue weighted by Gasteiger charge is -2.15. The zero-order valence-corrected chi connectivity index (χ0v) is 13.9. The minimum atomic E-state index is 0.0382. The van der Waals surface area contributed by atoms with Gasteiger partial charge in [0, 0.05) is 24.1 Å². The molecule has 0 saturated heterocycles. The molecule has 0 spiro atoms. The van der Waals surface area contributed by atoms with Gasteiger partial charge in [-0.05, 0) is 36.8 Å². The molecule has 3 aromatic rings. The molecule has 1 atom stereocenters. The van der Waals surface area contributed by atoms with Gasteiger partial charge in [-0.25, -0.2) is 0 Å². The van der Waals surface area contributed by atoms with E-state index in [1.165, 1.54) is 0 Å². The van der Waals surface area contributed by atoms with E-state index in [0.717, 1.165) is 22.7 Å². The Bertz CT molecular complexity index is 874. The number of anilines is 1. The number of hydrogen-bond donors (Lipinski definition) is 1. The van der Waals surface area contributed by atoms with Crippen molar-refractivity contribution in [3.8, 4) is 11.8 Å². The van der Waals surface area contributed by atoms with E-state index in [9.17, 15) is 0 Å². The van der Waals surface area contributed by atoms with Crippen LogP contribution in [-0.4, -0.2) is 9.97 Å². The Balaban J connectivity index is 1.64. The number of aromatic nitrogens is 2. The van der Waals surface area contributed by atoms with E-state index in [1.807, 2.05) is 49.4 Å². The second kappa shape index (κ2) is 7.93. The van der Waals surface area contributed by atoms with Gasteiger partial charge in [0.15, 0.2) is 0 Å². The monoisotopic (exact) mass is 330 g/mol. The van der Waals surface area contributed by atoms with E-state index in [0.29, 0.717) is 12.2 Å². The molecule has 3 rings (SSSR count). The Kier molecular flexibility index (Phi) is 5.22. The molecule has 25 heavy (non-hydrogen) atoms. The molecule has 0 bridgehead atoms. The third-order valence-electron chi connectivity index (χ3n) is 3.71. The average Bonchev–Trinajstić information content (AvgIpc) is 2.67. The van der Waals surface area contributed by atoms with Gasteiger partial charge >= 0.3 is 0 Å². The van der Waals surface area contributed by atoms with Crippen molar-refractivity contribution in [2.75, 3.05) is 5.32 Å². The smallest absolute Gasteiger partial charge is 0.121 e. The van der Waals surface area contributed by atoms with Gasteiger partial charge in [-0.1, -0.05) is 18.2 Å². The molecule has 0 amide bonds. The molecule has 0 saturated carbocycles. The maximum atomic E-state index is 8.95. The van der Waals surface area contributed by atoms with Crippen molar-refractivity contribution in [1.29, 1.82) is 5.26 Å². The Morgan fingerprint density at radius 1 is 1.16 bits per heavy atom. The largest absolute Gasteiger partial charge is 0.489 e. The molecule has 0 unspecified atom stereocenters. The van der Waals surface area contributed by atoms with Crippen molar-refractivity contribution in [2.45, 2.75) is 19.6 Å². The molecule has 5 nitrogen and oxygen atoms in total. The van der Waals surface area contributed by atoms with E-state index in [4.69, 9.17) is 10.00 Å².